The summed E-state index contributed by atoms with van der Waals surface area (Å²) < 4.78 is 56.8. The first kappa shape index (κ1) is 35.0. The van der Waals surface area contributed by atoms with E-state index in [1.807, 2.05) is 0 Å². The number of aromatic carboxylic acids is 1. The van der Waals surface area contributed by atoms with E-state index in [2.05, 4.69) is 15.0 Å². The van der Waals surface area contributed by atoms with E-state index in [9.17, 15) is 18.5 Å². The van der Waals surface area contributed by atoms with Crippen LogP contribution in [-0.2, 0) is 23.6 Å². The Kier molecular flexibility index (Phi) is 11.6. The van der Waals surface area contributed by atoms with Gasteiger partial charge in [0.1, 0.15) is 23.9 Å². The van der Waals surface area contributed by atoms with Gasteiger partial charge in [-0.05, 0) is 44.2 Å². The number of esters is 1. The molecule has 2 N–H and O–H groups in total. The lowest BCUT2D eigenvalue weighted by molar-refractivity contribution is -0.146. The number of carboxylic acids is 1. The molecule has 4 aromatic rings. The van der Waals surface area contributed by atoms with Crippen molar-refractivity contribution in [2.24, 2.45) is 5.92 Å². The average molecular weight is 673 g/mol. The topological polar surface area (TPSA) is 181 Å². The summed E-state index contributed by atoms with van der Waals surface area (Å²) >= 11 is 0. The first-order valence-electron chi connectivity index (χ1n) is 14.3. The van der Waals surface area contributed by atoms with Crippen LogP contribution in [0.25, 0.3) is 11.2 Å². The number of aryl methyl sites for hydroxylation is 1. The van der Waals surface area contributed by atoms with Crippen LogP contribution in [0.5, 0.6) is 17.2 Å². The minimum atomic E-state index is -3.57. The van der Waals surface area contributed by atoms with Gasteiger partial charge in [-0.3, -0.25) is 13.9 Å². The Bertz CT molecular complexity index is 1780. The highest BCUT2D eigenvalue weighted by atomic mass is 31.2. The molecule has 0 radical (unpaired) electrons. The Hall–Kier alpha value is -4.85. The molecule has 4 atom stereocenters. The minimum Gasteiger partial charge on any atom is -0.504 e. The number of carbonyl (C=O) groups is 2. The van der Waals surface area contributed by atoms with Crippen LogP contribution in [0.1, 0.15) is 36.1 Å². The van der Waals surface area contributed by atoms with E-state index in [0.717, 1.165) is 6.08 Å². The molecule has 5 rings (SSSR count). The van der Waals surface area contributed by atoms with Gasteiger partial charge in [-0.1, -0.05) is 25.1 Å². The van der Waals surface area contributed by atoms with Gasteiger partial charge in [-0.2, -0.15) is 0 Å². The highest BCUT2D eigenvalue weighted by molar-refractivity contribution is 7.59. The highest BCUT2D eigenvalue weighted by Crippen LogP contribution is 2.49. The van der Waals surface area contributed by atoms with Gasteiger partial charge in [0.15, 0.2) is 35.5 Å². The molecule has 16 heteroatoms. The summed E-state index contributed by atoms with van der Waals surface area (Å²) in [5, 5.41) is 17.7. The molecule has 2 aromatic heterocycles. The minimum absolute atomic E-state index is 0.0671. The van der Waals surface area contributed by atoms with Crippen LogP contribution >= 0.6 is 7.37 Å². The van der Waals surface area contributed by atoms with E-state index in [1.54, 1.807) is 51.1 Å². The zero-order chi connectivity index (χ0) is 34.1. The van der Waals surface area contributed by atoms with Crippen molar-refractivity contribution in [3.8, 4) is 17.2 Å². The van der Waals surface area contributed by atoms with E-state index >= 15 is 0 Å². The van der Waals surface area contributed by atoms with E-state index in [1.165, 1.54) is 42.5 Å². The van der Waals surface area contributed by atoms with Gasteiger partial charge in [0.2, 0.25) is 0 Å². The zero-order valence-electron chi connectivity index (χ0n) is 26.0. The predicted molar refractivity (Wildman–Crippen MR) is 166 cm³/mol. The molecule has 0 saturated carbocycles. The fraction of sp³-hybridized carbons (Fsp3) is 0.323. The van der Waals surface area contributed by atoms with Crippen molar-refractivity contribution in [3.05, 3.63) is 84.3 Å². The maximum Gasteiger partial charge on any atom is 0.335 e. The number of hydrogen-bond acceptors (Lipinski definition) is 12. The third-order valence-corrected chi connectivity index (χ3v) is 8.90. The first-order chi connectivity index (χ1) is 22.4. The van der Waals surface area contributed by atoms with Crippen LogP contribution in [0.3, 0.4) is 0 Å². The van der Waals surface area contributed by atoms with Gasteiger partial charge in [0.05, 0.1) is 43.4 Å². The van der Waals surface area contributed by atoms with Crippen LogP contribution in [0, 0.1) is 12.8 Å². The predicted octanol–water partition coefficient (Wildman–Crippen LogP) is 5.47. The SMILES string of the molecule is CCOC(=O)[C@H](C)C[P@](=O)(CO[C@@H]1C=C(F)C(n2cnc3c(C)ncnc32)O1)Oc1ccccc1.COc1cc(C(=O)O)ccc1O. The summed E-state index contributed by atoms with van der Waals surface area (Å²) in [6.45, 7) is 5.28. The summed E-state index contributed by atoms with van der Waals surface area (Å²) in [4.78, 5) is 35.1. The Morgan fingerprint density at radius 1 is 1.15 bits per heavy atom. The second-order valence-electron chi connectivity index (χ2n) is 10.2. The fourth-order valence-corrected chi connectivity index (χ4v) is 6.53. The number of nitrogens with zero attached hydrogens (tertiary/aromatic N) is 4. The number of methoxy groups -OCH3 is 1. The molecular formula is C31H34FN4O10P. The normalized spacial score (nSPS) is 17.5. The lowest BCUT2D eigenvalue weighted by Gasteiger charge is -2.23. The Labute approximate surface area is 269 Å². The summed E-state index contributed by atoms with van der Waals surface area (Å²) in [6, 6.07) is 12.4. The number of carbonyl (C=O) groups excluding carboxylic acids is 1. The van der Waals surface area contributed by atoms with Gasteiger partial charge >= 0.3 is 11.9 Å². The molecule has 0 bridgehead atoms. The number of phenols is 1. The zero-order valence-corrected chi connectivity index (χ0v) is 26.9. The molecule has 0 aliphatic carbocycles. The maximum absolute atomic E-state index is 14.8. The van der Waals surface area contributed by atoms with Gasteiger partial charge in [-0.15, -0.1) is 0 Å². The van der Waals surface area contributed by atoms with Crippen molar-refractivity contribution in [2.75, 3.05) is 26.2 Å². The van der Waals surface area contributed by atoms with E-state index in [4.69, 9.17) is 33.7 Å². The molecular weight excluding hydrogens is 638 g/mol. The summed E-state index contributed by atoms with van der Waals surface area (Å²) in [5.41, 5.74) is 1.68. The lowest BCUT2D eigenvalue weighted by atomic mass is 10.2. The quantitative estimate of drug-likeness (QED) is 0.143. The van der Waals surface area contributed by atoms with Crippen molar-refractivity contribution in [1.29, 1.82) is 0 Å². The largest absolute Gasteiger partial charge is 0.504 e. The average Bonchev–Trinajstić information content (AvgIpc) is 3.64. The molecule has 0 spiro atoms. The number of fused-ring (bicyclic) bond motifs is 1. The Morgan fingerprint density at radius 3 is 2.57 bits per heavy atom. The molecule has 1 aliphatic heterocycles. The number of phenolic OH excluding ortho intramolecular Hbond substituents is 1. The Morgan fingerprint density at radius 2 is 1.89 bits per heavy atom. The molecule has 3 heterocycles. The number of hydrogen-bond donors (Lipinski definition) is 2. The number of imidazole rings is 1. The van der Waals surface area contributed by atoms with Gasteiger partial charge < -0.3 is 33.7 Å². The molecule has 250 valence electrons. The summed E-state index contributed by atoms with van der Waals surface area (Å²) in [6.07, 6.45) is 1.12. The lowest BCUT2D eigenvalue weighted by Crippen LogP contribution is -2.22. The van der Waals surface area contributed by atoms with Crippen LogP contribution in [0.4, 0.5) is 4.39 Å². The number of rotatable bonds is 12. The second kappa shape index (κ2) is 15.6. The molecule has 47 heavy (non-hydrogen) atoms. The molecule has 2 aromatic carbocycles. The molecule has 0 fully saturated rings. The molecule has 0 amide bonds. The van der Waals surface area contributed by atoms with E-state index in [0.29, 0.717) is 22.6 Å². The summed E-state index contributed by atoms with van der Waals surface area (Å²) in [5.74, 6) is -2.38. The molecule has 1 unspecified atom stereocenters. The molecule has 14 nitrogen and oxygen atoms in total. The van der Waals surface area contributed by atoms with Crippen LogP contribution in [-0.4, -0.2) is 74.2 Å². The van der Waals surface area contributed by atoms with Crippen LogP contribution in [0.15, 0.2) is 73.1 Å². The number of benzene rings is 2. The monoisotopic (exact) mass is 672 g/mol. The second-order valence-corrected chi connectivity index (χ2v) is 12.7. The molecule has 1 aliphatic rings. The van der Waals surface area contributed by atoms with Crippen molar-refractivity contribution in [3.63, 3.8) is 0 Å². The number of ether oxygens (including phenoxy) is 4. The highest BCUT2D eigenvalue weighted by Gasteiger charge is 2.36. The van der Waals surface area contributed by atoms with Crippen LogP contribution < -0.4 is 9.26 Å². The number of para-hydroxylation sites is 1. The van der Waals surface area contributed by atoms with Gasteiger partial charge in [0.25, 0.3) is 7.37 Å². The van der Waals surface area contributed by atoms with Gasteiger partial charge in [-0.25, -0.2) is 24.1 Å². The van der Waals surface area contributed by atoms with Crippen molar-refractivity contribution < 1.29 is 52.2 Å². The molecule has 0 saturated heterocycles. The van der Waals surface area contributed by atoms with Crippen molar-refractivity contribution in [1.82, 2.24) is 19.5 Å². The van der Waals surface area contributed by atoms with Crippen LogP contribution in [0.2, 0.25) is 0 Å². The summed E-state index contributed by atoms with van der Waals surface area (Å²) in [7, 11) is -2.21. The fourth-order valence-electron chi connectivity index (χ4n) is 4.43. The number of carboxylic acid groups (broad SMARTS) is 1. The van der Waals surface area contributed by atoms with Crippen molar-refractivity contribution in [2.45, 2.75) is 33.3 Å². The van der Waals surface area contributed by atoms with Crippen molar-refractivity contribution >= 4 is 30.5 Å². The maximum atomic E-state index is 14.8. The van der Waals surface area contributed by atoms with E-state index < -0.39 is 49.9 Å². The number of aromatic nitrogens is 4. The first-order valence-corrected chi connectivity index (χ1v) is 16.3. The standard InChI is InChI=1S/C23H26FN4O6P.C8H8O4/c1-4-31-23(29)15(2)11-35(30,34-17-8-6-5-7-9-17)14-32-19-10-18(24)22(33-19)28-13-27-20-16(3)25-12-26-21(20)28;1-12-7-4-5(8(10)11)2-3-6(7)9/h5-10,12-13,15,19,22H,4,11,14H2,1-3H3;2-4,9H,1H3,(H,10,11)/t15-,19+,22?,35-;/m1./s1. The smallest absolute Gasteiger partial charge is 0.335 e. The number of aromatic hydroxyl groups is 1. The van der Waals surface area contributed by atoms with Gasteiger partial charge in [0, 0.05) is 6.08 Å². The third kappa shape index (κ3) is 8.91. The van der Waals surface area contributed by atoms with E-state index in [-0.39, 0.29) is 29.8 Å². The Balaban J connectivity index is 0.000000351. The number of halogens is 1. The third-order valence-electron chi connectivity index (χ3n) is 6.71.